The first-order valence-corrected chi connectivity index (χ1v) is 7.26. The Morgan fingerprint density at radius 1 is 1.28 bits per heavy atom. The monoisotopic (exact) mass is 268 g/mol. The molecule has 0 amide bonds. The van der Waals surface area contributed by atoms with Gasteiger partial charge in [-0.1, -0.05) is 37.6 Å². The maximum Gasteiger partial charge on any atom is 0.0409 e. The third kappa shape index (κ3) is 5.38. The van der Waals surface area contributed by atoms with E-state index in [4.69, 9.17) is 11.6 Å². The molecular weight excluding hydrogens is 244 g/mol. The van der Waals surface area contributed by atoms with Crippen LogP contribution in [-0.4, -0.2) is 31.1 Å². The Morgan fingerprint density at radius 2 is 2.00 bits per heavy atom. The second-order valence-corrected chi connectivity index (χ2v) is 5.05. The molecule has 0 spiro atoms. The molecule has 1 atom stereocenters. The summed E-state index contributed by atoms with van der Waals surface area (Å²) in [6, 6.07) is 8.43. The fraction of sp³-hybridized carbons (Fsp3) is 0.600. The summed E-state index contributed by atoms with van der Waals surface area (Å²) >= 11 is 5.99. The quantitative estimate of drug-likeness (QED) is 0.723. The first-order valence-electron chi connectivity index (χ1n) is 6.88. The van der Waals surface area contributed by atoms with E-state index in [1.807, 2.05) is 18.2 Å². The third-order valence-electron chi connectivity index (χ3n) is 3.34. The average molecular weight is 269 g/mol. The van der Waals surface area contributed by atoms with E-state index in [0.717, 1.165) is 24.7 Å². The largest absolute Gasteiger partial charge is 0.310 e. The van der Waals surface area contributed by atoms with Gasteiger partial charge >= 0.3 is 0 Å². The fourth-order valence-electron chi connectivity index (χ4n) is 2.05. The highest BCUT2D eigenvalue weighted by atomic mass is 35.5. The molecule has 1 unspecified atom stereocenters. The molecule has 0 aliphatic heterocycles. The molecule has 0 radical (unpaired) electrons. The Hall–Kier alpha value is -0.570. The van der Waals surface area contributed by atoms with Crippen LogP contribution < -0.4 is 5.32 Å². The number of rotatable bonds is 8. The summed E-state index contributed by atoms with van der Waals surface area (Å²) in [5.41, 5.74) is 1.25. The van der Waals surface area contributed by atoms with Crippen LogP contribution in [0, 0.1) is 0 Å². The van der Waals surface area contributed by atoms with Crippen molar-refractivity contribution in [2.75, 3.05) is 26.2 Å². The van der Waals surface area contributed by atoms with Crippen molar-refractivity contribution in [3.63, 3.8) is 0 Å². The Balaban J connectivity index is 2.27. The maximum absolute atomic E-state index is 5.99. The van der Waals surface area contributed by atoms with Gasteiger partial charge in [-0.05, 0) is 57.2 Å². The lowest BCUT2D eigenvalue weighted by Crippen LogP contribution is -2.28. The van der Waals surface area contributed by atoms with Gasteiger partial charge in [-0.25, -0.2) is 0 Å². The van der Waals surface area contributed by atoms with E-state index in [9.17, 15) is 0 Å². The van der Waals surface area contributed by atoms with Crippen LogP contribution in [0.15, 0.2) is 24.3 Å². The lowest BCUT2D eigenvalue weighted by Gasteiger charge is -2.19. The van der Waals surface area contributed by atoms with Crippen molar-refractivity contribution in [2.45, 2.75) is 33.2 Å². The van der Waals surface area contributed by atoms with Crippen LogP contribution in [0.5, 0.6) is 0 Å². The van der Waals surface area contributed by atoms with Gasteiger partial charge in [0.15, 0.2) is 0 Å². The molecule has 0 saturated heterocycles. The zero-order valence-electron chi connectivity index (χ0n) is 11.7. The van der Waals surface area contributed by atoms with E-state index in [-0.39, 0.29) is 0 Å². The van der Waals surface area contributed by atoms with Crippen molar-refractivity contribution in [2.24, 2.45) is 0 Å². The molecule has 3 heteroatoms. The molecule has 0 aromatic heterocycles. The van der Waals surface area contributed by atoms with E-state index in [1.165, 1.54) is 18.5 Å². The van der Waals surface area contributed by atoms with Gasteiger partial charge in [0.05, 0.1) is 0 Å². The molecule has 18 heavy (non-hydrogen) atoms. The molecule has 1 rings (SSSR count). The molecule has 0 bridgehead atoms. The third-order valence-corrected chi connectivity index (χ3v) is 3.58. The Bertz CT molecular complexity index is 337. The minimum Gasteiger partial charge on any atom is -0.310 e. The summed E-state index contributed by atoms with van der Waals surface area (Å²) in [5.74, 6) is 0. The Kier molecular flexibility index (Phi) is 7.33. The predicted octanol–water partition coefficient (Wildman–Crippen LogP) is 3.72. The number of halogens is 1. The second kappa shape index (κ2) is 8.52. The minimum absolute atomic E-state index is 0.361. The zero-order valence-corrected chi connectivity index (χ0v) is 12.5. The Morgan fingerprint density at radius 3 is 2.61 bits per heavy atom. The molecule has 1 aromatic carbocycles. The van der Waals surface area contributed by atoms with Gasteiger partial charge in [0.2, 0.25) is 0 Å². The highest BCUT2D eigenvalue weighted by Crippen LogP contribution is 2.17. The van der Waals surface area contributed by atoms with Gasteiger partial charge < -0.3 is 10.2 Å². The lowest BCUT2D eigenvalue weighted by molar-refractivity contribution is 0.296. The highest BCUT2D eigenvalue weighted by Gasteiger charge is 2.05. The van der Waals surface area contributed by atoms with Gasteiger partial charge in [0.25, 0.3) is 0 Å². The number of nitrogens with one attached hydrogen (secondary N) is 1. The van der Waals surface area contributed by atoms with Crippen LogP contribution in [0.2, 0.25) is 5.02 Å². The van der Waals surface area contributed by atoms with Gasteiger partial charge in [-0.2, -0.15) is 0 Å². The van der Waals surface area contributed by atoms with Gasteiger partial charge in [0.1, 0.15) is 0 Å². The lowest BCUT2D eigenvalue weighted by atomic mass is 10.1. The summed E-state index contributed by atoms with van der Waals surface area (Å²) in [7, 11) is 0. The normalized spacial score (nSPS) is 12.9. The summed E-state index contributed by atoms with van der Waals surface area (Å²) in [6.07, 6.45) is 1.19. The van der Waals surface area contributed by atoms with Crippen LogP contribution in [0.1, 0.15) is 38.8 Å². The molecular formula is C15H25ClN2. The first-order chi connectivity index (χ1) is 8.67. The van der Waals surface area contributed by atoms with E-state index in [2.05, 4.69) is 37.1 Å². The fourth-order valence-corrected chi connectivity index (χ4v) is 2.25. The smallest absolute Gasteiger partial charge is 0.0409 e. The topological polar surface area (TPSA) is 15.3 Å². The molecule has 0 aliphatic rings. The van der Waals surface area contributed by atoms with Crippen LogP contribution in [0.25, 0.3) is 0 Å². The summed E-state index contributed by atoms with van der Waals surface area (Å²) < 4.78 is 0. The summed E-state index contributed by atoms with van der Waals surface area (Å²) in [4.78, 5) is 2.45. The minimum atomic E-state index is 0.361. The molecule has 1 N–H and O–H groups in total. The number of benzene rings is 1. The van der Waals surface area contributed by atoms with Gasteiger partial charge in [-0.15, -0.1) is 0 Å². The average Bonchev–Trinajstić information content (AvgIpc) is 2.38. The van der Waals surface area contributed by atoms with Gasteiger partial charge in [-0.3, -0.25) is 0 Å². The van der Waals surface area contributed by atoms with E-state index in [1.54, 1.807) is 0 Å². The van der Waals surface area contributed by atoms with Crippen molar-refractivity contribution >= 4 is 11.6 Å². The molecule has 0 heterocycles. The van der Waals surface area contributed by atoms with Crippen LogP contribution in [0.3, 0.4) is 0 Å². The van der Waals surface area contributed by atoms with Crippen LogP contribution in [0.4, 0.5) is 0 Å². The van der Waals surface area contributed by atoms with Crippen molar-refractivity contribution in [1.82, 2.24) is 10.2 Å². The van der Waals surface area contributed by atoms with Crippen molar-refractivity contribution in [1.29, 1.82) is 0 Å². The molecule has 0 aliphatic carbocycles. The summed E-state index contributed by atoms with van der Waals surface area (Å²) in [5, 5.41) is 4.35. The number of hydrogen-bond acceptors (Lipinski definition) is 2. The van der Waals surface area contributed by atoms with Crippen LogP contribution >= 0.6 is 11.6 Å². The molecule has 0 saturated carbocycles. The molecule has 0 fully saturated rings. The zero-order chi connectivity index (χ0) is 13.4. The van der Waals surface area contributed by atoms with Crippen LogP contribution in [-0.2, 0) is 0 Å². The van der Waals surface area contributed by atoms with Gasteiger partial charge in [0, 0.05) is 11.1 Å². The highest BCUT2D eigenvalue weighted by molar-refractivity contribution is 6.30. The standard InChI is InChI=1S/C15H25ClN2/c1-4-18(5-2)11-7-10-17-13(3)14-8-6-9-15(16)12-14/h6,8-9,12-13,17H,4-5,7,10-11H2,1-3H3. The predicted molar refractivity (Wildman–Crippen MR) is 80.3 cm³/mol. The second-order valence-electron chi connectivity index (χ2n) is 4.61. The maximum atomic E-state index is 5.99. The number of hydrogen-bond donors (Lipinski definition) is 1. The molecule has 1 aromatic rings. The summed E-state index contributed by atoms with van der Waals surface area (Å²) in [6.45, 7) is 11.1. The Labute approximate surface area is 116 Å². The van der Waals surface area contributed by atoms with E-state index < -0.39 is 0 Å². The van der Waals surface area contributed by atoms with Crippen molar-refractivity contribution in [3.8, 4) is 0 Å². The number of nitrogens with zero attached hydrogens (tertiary/aromatic N) is 1. The first kappa shape index (κ1) is 15.5. The SMILES string of the molecule is CCN(CC)CCCNC(C)c1cccc(Cl)c1. The molecule has 102 valence electrons. The van der Waals surface area contributed by atoms with E-state index in [0.29, 0.717) is 6.04 Å². The van der Waals surface area contributed by atoms with Crippen molar-refractivity contribution in [3.05, 3.63) is 34.9 Å². The van der Waals surface area contributed by atoms with Crippen molar-refractivity contribution < 1.29 is 0 Å². The van der Waals surface area contributed by atoms with E-state index >= 15 is 0 Å². The molecule has 2 nitrogen and oxygen atoms in total.